The van der Waals surface area contributed by atoms with Gasteiger partial charge in [0.2, 0.25) is 0 Å². The third kappa shape index (κ3) is 3.55. The molecule has 1 aromatic carbocycles. The summed E-state index contributed by atoms with van der Waals surface area (Å²) in [6.07, 6.45) is 3.21. The molecule has 150 valence electrons. The van der Waals surface area contributed by atoms with Crippen LogP contribution in [0.2, 0.25) is 0 Å². The molecule has 0 unspecified atom stereocenters. The third-order valence-corrected chi connectivity index (χ3v) is 5.89. The van der Waals surface area contributed by atoms with Crippen molar-refractivity contribution in [2.75, 3.05) is 36.8 Å². The molecule has 0 atom stereocenters. The Morgan fingerprint density at radius 1 is 1.07 bits per heavy atom. The molecule has 28 heavy (non-hydrogen) atoms. The van der Waals surface area contributed by atoms with E-state index in [4.69, 9.17) is 10.2 Å². The fourth-order valence-corrected chi connectivity index (χ4v) is 4.13. The lowest BCUT2D eigenvalue weighted by atomic mass is 10.0. The first-order valence-corrected chi connectivity index (χ1v) is 10.5. The minimum absolute atomic E-state index is 0.228. The Bertz CT molecular complexity index is 978. The summed E-state index contributed by atoms with van der Waals surface area (Å²) in [4.78, 5) is 9.64. The van der Waals surface area contributed by atoms with E-state index in [1.807, 2.05) is 0 Å². The van der Waals surface area contributed by atoms with Gasteiger partial charge in [-0.25, -0.2) is 4.98 Å². The van der Waals surface area contributed by atoms with Gasteiger partial charge >= 0.3 is 0 Å². The largest absolute Gasteiger partial charge is 0.460 e. The molecule has 0 aliphatic carbocycles. The molecule has 0 amide bonds. The molecule has 0 radical (unpaired) electrons. The van der Waals surface area contributed by atoms with E-state index in [1.165, 1.54) is 5.69 Å². The Morgan fingerprint density at radius 2 is 1.82 bits per heavy atom. The van der Waals surface area contributed by atoms with Crippen molar-refractivity contribution < 1.29 is 4.42 Å². The van der Waals surface area contributed by atoms with Crippen molar-refractivity contribution in [3.8, 4) is 0 Å². The molecule has 1 aliphatic rings. The van der Waals surface area contributed by atoms with Crippen LogP contribution in [-0.2, 0) is 6.42 Å². The SMILES string of the molecule is CCCCc1cc2c(N)nc3ccc(N4CCN(C(C)(C)C)CC4)cc3c2o1. The number of pyridine rings is 1. The fraction of sp³-hybridized carbons (Fsp3) is 0.522. The van der Waals surface area contributed by atoms with Crippen molar-refractivity contribution in [1.29, 1.82) is 0 Å². The van der Waals surface area contributed by atoms with Gasteiger partial charge in [0.1, 0.15) is 17.2 Å². The molecule has 1 fully saturated rings. The van der Waals surface area contributed by atoms with Crippen LogP contribution in [0.25, 0.3) is 21.9 Å². The lowest BCUT2D eigenvalue weighted by molar-refractivity contribution is 0.128. The number of furan rings is 1. The Hall–Kier alpha value is -2.27. The highest BCUT2D eigenvalue weighted by atomic mass is 16.3. The number of nitrogen functional groups attached to an aromatic ring is 1. The number of nitrogens with zero attached hydrogens (tertiary/aromatic N) is 3. The molecular weight excluding hydrogens is 348 g/mol. The second kappa shape index (κ2) is 7.28. The quantitative estimate of drug-likeness (QED) is 0.703. The number of nitrogens with two attached hydrogens (primary N) is 1. The minimum Gasteiger partial charge on any atom is -0.460 e. The van der Waals surface area contributed by atoms with E-state index in [0.29, 0.717) is 5.82 Å². The predicted molar refractivity (Wildman–Crippen MR) is 118 cm³/mol. The molecule has 1 aliphatic heterocycles. The first kappa shape index (κ1) is 19.1. The number of aryl methyl sites for hydroxylation is 1. The molecule has 2 aromatic heterocycles. The van der Waals surface area contributed by atoms with Crippen LogP contribution in [-0.4, -0.2) is 41.6 Å². The van der Waals surface area contributed by atoms with E-state index in [1.54, 1.807) is 0 Å². The maximum Gasteiger partial charge on any atom is 0.147 e. The van der Waals surface area contributed by atoms with E-state index in [-0.39, 0.29) is 5.54 Å². The lowest BCUT2D eigenvalue weighted by Crippen LogP contribution is -2.53. The third-order valence-electron chi connectivity index (χ3n) is 5.89. The molecule has 3 aromatic rings. The molecule has 0 saturated carbocycles. The minimum atomic E-state index is 0.228. The zero-order valence-corrected chi connectivity index (χ0v) is 17.6. The van der Waals surface area contributed by atoms with Gasteiger partial charge in [0.15, 0.2) is 0 Å². The summed E-state index contributed by atoms with van der Waals surface area (Å²) in [6, 6.07) is 8.53. The average Bonchev–Trinajstić information content (AvgIpc) is 3.11. The van der Waals surface area contributed by atoms with Crippen molar-refractivity contribution in [3.63, 3.8) is 0 Å². The molecule has 5 heteroatoms. The Kier molecular flexibility index (Phi) is 4.96. The van der Waals surface area contributed by atoms with Crippen molar-refractivity contribution in [3.05, 3.63) is 30.0 Å². The fourth-order valence-electron chi connectivity index (χ4n) is 4.13. The second-order valence-electron chi connectivity index (χ2n) is 8.90. The van der Waals surface area contributed by atoms with Crippen LogP contribution in [0.5, 0.6) is 0 Å². The van der Waals surface area contributed by atoms with Gasteiger partial charge in [0, 0.05) is 49.2 Å². The average molecular weight is 381 g/mol. The van der Waals surface area contributed by atoms with E-state index in [0.717, 1.165) is 73.1 Å². The summed E-state index contributed by atoms with van der Waals surface area (Å²) in [5.41, 5.74) is 9.46. The van der Waals surface area contributed by atoms with E-state index < -0.39 is 0 Å². The van der Waals surface area contributed by atoms with E-state index in [2.05, 4.69) is 66.7 Å². The monoisotopic (exact) mass is 380 g/mol. The zero-order valence-electron chi connectivity index (χ0n) is 17.6. The number of fused-ring (bicyclic) bond motifs is 3. The first-order chi connectivity index (χ1) is 13.4. The highest BCUT2D eigenvalue weighted by Crippen LogP contribution is 2.34. The number of hydrogen-bond acceptors (Lipinski definition) is 5. The van der Waals surface area contributed by atoms with Gasteiger partial charge in [-0.3, -0.25) is 4.90 Å². The van der Waals surface area contributed by atoms with Gasteiger partial charge in [-0.2, -0.15) is 0 Å². The number of unbranched alkanes of at least 4 members (excludes halogenated alkanes) is 1. The van der Waals surface area contributed by atoms with Crippen molar-refractivity contribution in [2.24, 2.45) is 0 Å². The van der Waals surface area contributed by atoms with Gasteiger partial charge in [-0.15, -0.1) is 0 Å². The standard InChI is InChI=1S/C23H32N4O/c1-5-6-7-17-15-19-21(28-17)18-14-16(8-9-20(18)25-22(19)24)26-10-12-27(13-11-26)23(2,3)4/h8-9,14-15H,5-7,10-13H2,1-4H3,(H2,24,25). The molecule has 5 nitrogen and oxygen atoms in total. The first-order valence-electron chi connectivity index (χ1n) is 10.5. The van der Waals surface area contributed by atoms with E-state index >= 15 is 0 Å². The molecule has 0 spiro atoms. The molecular formula is C23H32N4O. The molecule has 1 saturated heterocycles. The number of anilines is 2. The Morgan fingerprint density at radius 3 is 2.50 bits per heavy atom. The highest BCUT2D eigenvalue weighted by molar-refractivity contribution is 6.07. The van der Waals surface area contributed by atoms with Gasteiger partial charge in [0.25, 0.3) is 0 Å². The van der Waals surface area contributed by atoms with Crippen LogP contribution in [0.15, 0.2) is 28.7 Å². The maximum absolute atomic E-state index is 6.22. The number of benzene rings is 1. The van der Waals surface area contributed by atoms with Crippen molar-refractivity contribution in [2.45, 2.75) is 52.5 Å². The van der Waals surface area contributed by atoms with Crippen LogP contribution in [0.3, 0.4) is 0 Å². The van der Waals surface area contributed by atoms with Crippen LogP contribution in [0.4, 0.5) is 11.5 Å². The summed E-state index contributed by atoms with van der Waals surface area (Å²) in [5, 5.41) is 2.00. The predicted octanol–water partition coefficient (Wildman–Crippen LogP) is 4.83. The summed E-state index contributed by atoms with van der Waals surface area (Å²) in [7, 11) is 0. The van der Waals surface area contributed by atoms with E-state index in [9.17, 15) is 0 Å². The summed E-state index contributed by atoms with van der Waals surface area (Å²) < 4.78 is 6.22. The summed E-state index contributed by atoms with van der Waals surface area (Å²) in [6.45, 7) is 13.3. The normalized spacial score (nSPS) is 16.4. The molecule has 0 bridgehead atoms. The molecule has 3 heterocycles. The van der Waals surface area contributed by atoms with Crippen molar-refractivity contribution >= 4 is 33.4 Å². The highest BCUT2D eigenvalue weighted by Gasteiger charge is 2.26. The molecule has 4 rings (SSSR count). The van der Waals surface area contributed by atoms with Gasteiger partial charge in [-0.05, 0) is 51.5 Å². The zero-order chi connectivity index (χ0) is 19.9. The Balaban J connectivity index is 1.67. The lowest BCUT2D eigenvalue weighted by Gasteiger charge is -2.43. The van der Waals surface area contributed by atoms with Crippen LogP contribution < -0.4 is 10.6 Å². The maximum atomic E-state index is 6.22. The van der Waals surface area contributed by atoms with Gasteiger partial charge < -0.3 is 15.1 Å². The van der Waals surface area contributed by atoms with Gasteiger partial charge in [0.05, 0.1) is 10.9 Å². The number of rotatable bonds is 4. The number of aromatic nitrogens is 1. The van der Waals surface area contributed by atoms with Crippen molar-refractivity contribution in [1.82, 2.24) is 9.88 Å². The summed E-state index contributed by atoms with van der Waals surface area (Å²) in [5.74, 6) is 1.56. The number of piperazine rings is 1. The smallest absolute Gasteiger partial charge is 0.147 e. The van der Waals surface area contributed by atoms with Crippen LogP contribution >= 0.6 is 0 Å². The Labute approximate surface area is 167 Å². The topological polar surface area (TPSA) is 58.5 Å². The van der Waals surface area contributed by atoms with Crippen LogP contribution in [0, 0.1) is 0 Å². The summed E-state index contributed by atoms with van der Waals surface area (Å²) >= 11 is 0. The molecule has 2 N–H and O–H groups in total. The second-order valence-corrected chi connectivity index (χ2v) is 8.90. The van der Waals surface area contributed by atoms with Gasteiger partial charge in [-0.1, -0.05) is 13.3 Å². The van der Waals surface area contributed by atoms with Crippen LogP contribution in [0.1, 0.15) is 46.3 Å². The number of hydrogen-bond donors (Lipinski definition) is 1.